The molecule has 1 aromatic carbocycles. The van der Waals surface area contributed by atoms with E-state index in [-0.39, 0.29) is 11.3 Å². The van der Waals surface area contributed by atoms with Crippen LogP contribution in [-0.4, -0.2) is 51.0 Å². The summed E-state index contributed by atoms with van der Waals surface area (Å²) < 4.78 is 13.1. The molecule has 9 heteroatoms. The summed E-state index contributed by atoms with van der Waals surface area (Å²) in [5.74, 6) is -0.410. The minimum absolute atomic E-state index is 0.0942. The zero-order valence-electron chi connectivity index (χ0n) is 17.1. The van der Waals surface area contributed by atoms with Crippen LogP contribution in [0.2, 0.25) is 0 Å². The average Bonchev–Trinajstić information content (AvgIpc) is 3.57. The van der Waals surface area contributed by atoms with Crippen LogP contribution in [0.4, 0.5) is 0 Å². The molecule has 164 valence electrons. The number of amides is 1. The van der Waals surface area contributed by atoms with Gasteiger partial charge >= 0.3 is 0 Å². The molecule has 3 aromatic rings. The molecule has 1 N–H and O–H groups in total. The highest BCUT2D eigenvalue weighted by atomic mass is 32.1. The van der Waals surface area contributed by atoms with Crippen molar-refractivity contribution in [2.45, 2.75) is 19.0 Å². The first-order chi connectivity index (χ1) is 15.6. The van der Waals surface area contributed by atoms with E-state index in [1.807, 2.05) is 28.3 Å². The number of aryl methyl sites for hydroxylation is 1. The SMILES string of the molecule is O=C1C(=O)N(CCCn2ccnc2)C(c2cccs2)/C1=C(\O)c1ccc2c(c1)OCCO2. The van der Waals surface area contributed by atoms with Crippen molar-refractivity contribution in [3.63, 3.8) is 0 Å². The molecule has 32 heavy (non-hydrogen) atoms. The Balaban J connectivity index is 1.49. The number of aromatic nitrogens is 2. The normalized spacial score (nSPS) is 19.5. The zero-order valence-corrected chi connectivity index (χ0v) is 18.0. The number of thiophene rings is 1. The molecular weight excluding hydrogens is 430 g/mol. The van der Waals surface area contributed by atoms with E-state index in [9.17, 15) is 14.7 Å². The number of imidazole rings is 1. The first-order valence-electron chi connectivity index (χ1n) is 10.3. The van der Waals surface area contributed by atoms with Crippen molar-refractivity contribution in [1.82, 2.24) is 14.5 Å². The molecule has 4 heterocycles. The van der Waals surface area contributed by atoms with Crippen LogP contribution < -0.4 is 9.47 Å². The molecule has 2 aliphatic rings. The Labute approximate surface area is 188 Å². The highest BCUT2D eigenvalue weighted by Crippen LogP contribution is 2.42. The van der Waals surface area contributed by atoms with Crippen molar-refractivity contribution in [3.05, 3.63) is 70.4 Å². The number of ketones is 1. The summed E-state index contributed by atoms with van der Waals surface area (Å²) in [4.78, 5) is 32.4. The molecular formula is C23H21N3O5S. The van der Waals surface area contributed by atoms with Gasteiger partial charge in [-0.2, -0.15) is 0 Å². The van der Waals surface area contributed by atoms with Crippen molar-refractivity contribution in [1.29, 1.82) is 0 Å². The highest BCUT2D eigenvalue weighted by Gasteiger charge is 2.46. The van der Waals surface area contributed by atoms with Gasteiger partial charge in [0.25, 0.3) is 11.7 Å². The number of hydrogen-bond donors (Lipinski definition) is 1. The number of carbonyl (C=O) groups is 2. The van der Waals surface area contributed by atoms with Crippen molar-refractivity contribution in [2.75, 3.05) is 19.8 Å². The standard InChI is InChI=1S/C23H21N3O5S/c27-21(15-4-5-16-17(13-15)31-11-10-30-16)19-20(18-3-1-12-32-18)26(23(29)22(19)28)8-2-7-25-9-6-24-14-25/h1,3-6,9,12-14,20,27H,2,7-8,10-11H2/b21-19+. The first kappa shape index (κ1) is 20.3. The van der Waals surface area contributed by atoms with E-state index in [2.05, 4.69) is 4.98 Å². The Bertz CT molecular complexity index is 1170. The number of nitrogens with zero attached hydrogens (tertiary/aromatic N) is 3. The molecule has 0 bridgehead atoms. The summed E-state index contributed by atoms with van der Waals surface area (Å²) in [7, 11) is 0. The van der Waals surface area contributed by atoms with Crippen LogP contribution in [0.5, 0.6) is 11.5 Å². The Morgan fingerprint density at radius 3 is 2.75 bits per heavy atom. The Kier molecular flexibility index (Phi) is 5.40. The number of aliphatic hydroxyl groups is 1. The largest absolute Gasteiger partial charge is 0.507 e. The topological polar surface area (TPSA) is 93.9 Å². The van der Waals surface area contributed by atoms with Gasteiger partial charge in [0.15, 0.2) is 11.5 Å². The first-order valence-corrected chi connectivity index (χ1v) is 11.2. The molecule has 1 unspecified atom stereocenters. The number of carbonyl (C=O) groups excluding carboxylic acids is 2. The third kappa shape index (κ3) is 3.64. The lowest BCUT2D eigenvalue weighted by Gasteiger charge is -2.24. The molecule has 0 aliphatic carbocycles. The van der Waals surface area contributed by atoms with Gasteiger partial charge < -0.3 is 24.0 Å². The fraction of sp³-hybridized carbons (Fsp3) is 0.261. The molecule has 8 nitrogen and oxygen atoms in total. The molecule has 0 saturated carbocycles. The highest BCUT2D eigenvalue weighted by molar-refractivity contribution is 7.10. The third-order valence-corrected chi connectivity index (χ3v) is 6.47. The van der Waals surface area contributed by atoms with Gasteiger partial charge in [-0.05, 0) is 36.1 Å². The maximum Gasteiger partial charge on any atom is 0.295 e. The van der Waals surface area contributed by atoms with E-state index in [4.69, 9.17) is 9.47 Å². The second-order valence-corrected chi connectivity index (χ2v) is 8.50. The minimum atomic E-state index is -0.682. The number of likely N-dealkylation sites (tertiary alicyclic amines) is 1. The van der Waals surface area contributed by atoms with E-state index >= 15 is 0 Å². The molecule has 1 saturated heterocycles. The number of Topliss-reactive ketones (excluding diaryl/α,β-unsaturated/α-hetero) is 1. The minimum Gasteiger partial charge on any atom is -0.507 e. The van der Waals surface area contributed by atoms with Gasteiger partial charge in [-0.25, -0.2) is 4.98 Å². The van der Waals surface area contributed by atoms with Crippen molar-refractivity contribution in [3.8, 4) is 11.5 Å². The summed E-state index contributed by atoms with van der Waals surface area (Å²) in [6.07, 6.45) is 5.92. The van der Waals surface area contributed by atoms with E-state index in [1.54, 1.807) is 35.6 Å². The van der Waals surface area contributed by atoms with Gasteiger partial charge in [-0.15, -0.1) is 11.3 Å². The Hall–Kier alpha value is -3.59. The number of aliphatic hydroxyl groups excluding tert-OH is 1. The number of fused-ring (bicyclic) bond motifs is 1. The molecule has 1 atom stereocenters. The van der Waals surface area contributed by atoms with E-state index in [0.29, 0.717) is 49.8 Å². The number of ether oxygens (including phenoxy) is 2. The lowest BCUT2D eigenvalue weighted by atomic mass is 9.99. The second-order valence-electron chi connectivity index (χ2n) is 7.52. The lowest BCUT2D eigenvalue weighted by Crippen LogP contribution is -2.31. The van der Waals surface area contributed by atoms with Gasteiger partial charge in [-0.1, -0.05) is 6.07 Å². The van der Waals surface area contributed by atoms with Crippen LogP contribution in [0.1, 0.15) is 22.9 Å². The van der Waals surface area contributed by atoms with Crippen LogP contribution in [0.3, 0.4) is 0 Å². The number of rotatable bonds is 6. The third-order valence-electron chi connectivity index (χ3n) is 5.54. The summed E-state index contributed by atoms with van der Waals surface area (Å²) in [6, 6.07) is 8.12. The van der Waals surface area contributed by atoms with Gasteiger partial charge in [0, 0.05) is 35.9 Å². The Morgan fingerprint density at radius 2 is 2.00 bits per heavy atom. The van der Waals surface area contributed by atoms with Crippen molar-refractivity contribution >= 4 is 28.8 Å². The summed E-state index contributed by atoms with van der Waals surface area (Å²) in [5, 5.41) is 13.0. The van der Waals surface area contributed by atoms with E-state index in [0.717, 1.165) is 4.88 Å². The van der Waals surface area contributed by atoms with Gasteiger partial charge in [-0.3, -0.25) is 9.59 Å². The van der Waals surface area contributed by atoms with Crippen LogP contribution in [0, 0.1) is 0 Å². The molecule has 0 spiro atoms. The van der Waals surface area contributed by atoms with E-state index in [1.165, 1.54) is 11.3 Å². The average molecular weight is 452 g/mol. The summed E-state index contributed by atoms with van der Waals surface area (Å²) in [5.41, 5.74) is 0.504. The molecule has 2 aromatic heterocycles. The van der Waals surface area contributed by atoms with Crippen LogP contribution in [0.25, 0.3) is 5.76 Å². The van der Waals surface area contributed by atoms with Gasteiger partial charge in [0.05, 0.1) is 17.9 Å². The van der Waals surface area contributed by atoms with Gasteiger partial charge in [0.2, 0.25) is 0 Å². The predicted molar refractivity (Wildman–Crippen MR) is 118 cm³/mol. The zero-order chi connectivity index (χ0) is 22.1. The maximum atomic E-state index is 13.0. The summed E-state index contributed by atoms with van der Waals surface area (Å²) >= 11 is 1.45. The second kappa shape index (κ2) is 8.51. The maximum absolute atomic E-state index is 13.0. The van der Waals surface area contributed by atoms with Crippen LogP contribution in [-0.2, 0) is 16.1 Å². The molecule has 5 rings (SSSR count). The molecule has 1 fully saturated rings. The molecule has 0 radical (unpaired) electrons. The number of benzene rings is 1. The monoisotopic (exact) mass is 451 g/mol. The van der Waals surface area contributed by atoms with E-state index < -0.39 is 17.7 Å². The fourth-order valence-electron chi connectivity index (χ4n) is 4.04. The van der Waals surface area contributed by atoms with Crippen molar-refractivity contribution < 1.29 is 24.2 Å². The van der Waals surface area contributed by atoms with Crippen LogP contribution >= 0.6 is 11.3 Å². The number of hydrogen-bond acceptors (Lipinski definition) is 7. The quantitative estimate of drug-likeness (QED) is 0.351. The van der Waals surface area contributed by atoms with Crippen LogP contribution in [0.15, 0.2) is 60.0 Å². The lowest BCUT2D eigenvalue weighted by molar-refractivity contribution is -0.139. The molecule has 1 amide bonds. The predicted octanol–water partition coefficient (Wildman–Crippen LogP) is 3.23. The van der Waals surface area contributed by atoms with Crippen molar-refractivity contribution in [2.24, 2.45) is 0 Å². The van der Waals surface area contributed by atoms with Gasteiger partial charge in [0.1, 0.15) is 19.0 Å². The summed E-state index contributed by atoms with van der Waals surface area (Å²) in [6.45, 7) is 1.92. The molecule has 2 aliphatic heterocycles. The smallest absolute Gasteiger partial charge is 0.295 e. The Morgan fingerprint density at radius 1 is 1.16 bits per heavy atom. The fourth-order valence-corrected chi connectivity index (χ4v) is 4.89.